The Balaban J connectivity index is 1.74. The number of thioether (sulfide) groups is 1. The molecule has 0 radical (unpaired) electrons. The van der Waals surface area contributed by atoms with Crippen molar-refractivity contribution in [1.82, 2.24) is 14.9 Å². The van der Waals surface area contributed by atoms with Crippen molar-refractivity contribution in [3.8, 4) is 0 Å². The van der Waals surface area contributed by atoms with Gasteiger partial charge in [-0.1, -0.05) is 23.9 Å². The first-order valence-corrected chi connectivity index (χ1v) is 10.4. The maximum absolute atomic E-state index is 13.4. The predicted molar refractivity (Wildman–Crippen MR) is 91.5 cm³/mol. The van der Waals surface area contributed by atoms with Gasteiger partial charge in [0, 0.05) is 6.04 Å². The minimum absolute atomic E-state index is 0.0536. The number of alkyl halides is 2. The Hall–Kier alpha value is -1.68. The molecule has 1 N–H and O–H groups in total. The summed E-state index contributed by atoms with van der Waals surface area (Å²) in [7, 11) is -3.10. The van der Waals surface area contributed by atoms with Crippen molar-refractivity contribution in [2.24, 2.45) is 0 Å². The molecule has 0 saturated carbocycles. The molecule has 2 atom stereocenters. The number of fused-ring (bicyclic) bond motifs is 1. The van der Waals surface area contributed by atoms with Gasteiger partial charge < -0.3 is 5.32 Å². The second-order valence-electron chi connectivity index (χ2n) is 5.90. The standard InChI is InChI=1S/C15H17F2N3O3S2/c1-9(13(21)18-10-6-7-25(22,23)8-10)24-15-19-11-4-2-3-5-12(11)20(15)14(16)17/h2-5,9-10,14H,6-8H2,1H3,(H,18,21)/t9-,10-/m0/s1. The zero-order valence-corrected chi connectivity index (χ0v) is 15.0. The van der Waals surface area contributed by atoms with Crippen LogP contribution < -0.4 is 5.32 Å². The molecular formula is C15H17F2N3O3S2. The number of carbonyl (C=O) groups is 1. The first-order valence-electron chi connectivity index (χ1n) is 7.69. The van der Waals surface area contributed by atoms with E-state index in [4.69, 9.17) is 0 Å². The highest BCUT2D eigenvalue weighted by molar-refractivity contribution is 8.00. The summed E-state index contributed by atoms with van der Waals surface area (Å²) < 4.78 is 50.5. The fraction of sp³-hybridized carbons (Fsp3) is 0.467. The summed E-state index contributed by atoms with van der Waals surface area (Å²) in [5.41, 5.74) is 0.731. The van der Waals surface area contributed by atoms with Gasteiger partial charge in [-0.05, 0) is 25.5 Å². The Kier molecular flexibility index (Phi) is 5.01. The SMILES string of the molecule is C[C@H](Sc1nc2ccccc2n1C(F)F)C(=O)N[C@H]1CCS(=O)(=O)C1. The van der Waals surface area contributed by atoms with Crippen molar-refractivity contribution in [2.45, 2.75) is 36.3 Å². The Morgan fingerprint density at radius 3 is 2.76 bits per heavy atom. The summed E-state index contributed by atoms with van der Waals surface area (Å²) in [6, 6.07) is 6.11. The van der Waals surface area contributed by atoms with Crippen LogP contribution in [0, 0.1) is 0 Å². The minimum Gasteiger partial charge on any atom is -0.351 e. The maximum atomic E-state index is 13.4. The molecule has 0 bridgehead atoms. The van der Waals surface area contributed by atoms with Crippen molar-refractivity contribution in [2.75, 3.05) is 11.5 Å². The molecule has 1 amide bonds. The van der Waals surface area contributed by atoms with Gasteiger partial charge in [0.15, 0.2) is 15.0 Å². The molecular weight excluding hydrogens is 372 g/mol. The van der Waals surface area contributed by atoms with Crippen molar-refractivity contribution in [3.05, 3.63) is 24.3 Å². The molecule has 0 spiro atoms. The second-order valence-corrected chi connectivity index (χ2v) is 9.44. The number of nitrogens with one attached hydrogen (secondary N) is 1. The number of benzene rings is 1. The minimum atomic E-state index is -3.10. The van der Waals surface area contributed by atoms with Crippen molar-refractivity contribution in [3.63, 3.8) is 0 Å². The molecule has 1 aromatic carbocycles. The summed E-state index contributed by atoms with van der Waals surface area (Å²) in [6.07, 6.45) is 0.376. The van der Waals surface area contributed by atoms with E-state index < -0.39 is 27.7 Å². The number of nitrogens with zero attached hydrogens (tertiary/aromatic N) is 2. The first kappa shape index (κ1) is 18.1. The van der Waals surface area contributed by atoms with Crippen LogP contribution >= 0.6 is 11.8 Å². The van der Waals surface area contributed by atoms with E-state index in [0.29, 0.717) is 17.5 Å². The lowest BCUT2D eigenvalue weighted by molar-refractivity contribution is -0.120. The molecule has 6 nitrogen and oxygen atoms in total. The molecule has 1 aliphatic heterocycles. The Bertz CT molecular complexity index is 899. The number of imidazole rings is 1. The van der Waals surface area contributed by atoms with E-state index >= 15 is 0 Å². The summed E-state index contributed by atoms with van der Waals surface area (Å²) in [5, 5.41) is 2.04. The van der Waals surface area contributed by atoms with Gasteiger partial charge in [-0.15, -0.1) is 0 Å². The average molecular weight is 389 g/mol. The van der Waals surface area contributed by atoms with E-state index in [1.807, 2.05) is 0 Å². The van der Waals surface area contributed by atoms with Crippen LogP contribution in [0.3, 0.4) is 0 Å². The monoisotopic (exact) mass is 389 g/mol. The summed E-state index contributed by atoms with van der Waals surface area (Å²) in [6.45, 7) is -1.19. The van der Waals surface area contributed by atoms with Crippen LogP contribution in [-0.4, -0.2) is 46.7 Å². The van der Waals surface area contributed by atoms with Crippen LogP contribution in [0.15, 0.2) is 29.4 Å². The van der Waals surface area contributed by atoms with Crippen LogP contribution in [0.1, 0.15) is 19.9 Å². The molecule has 10 heteroatoms. The normalized spacial score (nSPS) is 20.9. The fourth-order valence-corrected chi connectivity index (χ4v) is 5.34. The van der Waals surface area contributed by atoms with E-state index in [1.54, 1.807) is 31.2 Å². The molecule has 0 unspecified atom stereocenters. The van der Waals surface area contributed by atoms with E-state index in [-0.39, 0.29) is 22.6 Å². The van der Waals surface area contributed by atoms with Crippen molar-refractivity contribution >= 4 is 38.5 Å². The van der Waals surface area contributed by atoms with Crippen molar-refractivity contribution in [1.29, 1.82) is 0 Å². The molecule has 1 aliphatic rings. The highest BCUT2D eigenvalue weighted by Crippen LogP contribution is 2.31. The van der Waals surface area contributed by atoms with Crippen LogP contribution in [0.4, 0.5) is 8.78 Å². The molecule has 2 aromatic rings. The molecule has 136 valence electrons. The molecule has 25 heavy (non-hydrogen) atoms. The van der Waals surface area contributed by atoms with Gasteiger partial charge in [-0.25, -0.2) is 13.4 Å². The number of carbonyl (C=O) groups excluding carboxylic acids is 1. The second kappa shape index (κ2) is 6.91. The molecule has 1 saturated heterocycles. The number of halogens is 2. The summed E-state index contributed by atoms with van der Waals surface area (Å²) >= 11 is 0.926. The molecule has 2 heterocycles. The summed E-state index contributed by atoms with van der Waals surface area (Å²) in [5.74, 6) is -0.410. The quantitative estimate of drug-likeness (QED) is 0.793. The zero-order valence-electron chi connectivity index (χ0n) is 13.4. The topological polar surface area (TPSA) is 81.1 Å². The van der Waals surface area contributed by atoms with Gasteiger partial charge in [-0.3, -0.25) is 9.36 Å². The number of para-hydroxylation sites is 2. The molecule has 1 aromatic heterocycles. The number of rotatable bonds is 5. The van der Waals surface area contributed by atoms with E-state index in [9.17, 15) is 22.0 Å². The number of hydrogen-bond acceptors (Lipinski definition) is 5. The molecule has 0 aliphatic carbocycles. The highest BCUT2D eigenvalue weighted by atomic mass is 32.2. The number of aromatic nitrogens is 2. The third kappa shape index (κ3) is 3.95. The van der Waals surface area contributed by atoms with Gasteiger partial charge in [0.05, 0.1) is 27.8 Å². The van der Waals surface area contributed by atoms with Gasteiger partial charge in [-0.2, -0.15) is 8.78 Å². The first-order chi connectivity index (χ1) is 11.8. The van der Waals surface area contributed by atoms with E-state index in [2.05, 4.69) is 10.3 Å². The maximum Gasteiger partial charge on any atom is 0.321 e. The van der Waals surface area contributed by atoms with E-state index in [0.717, 1.165) is 16.3 Å². The number of hydrogen-bond donors (Lipinski definition) is 1. The Morgan fingerprint density at radius 2 is 2.12 bits per heavy atom. The van der Waals surface area contributed by atoms with Gasteiger partial charge in [0.1, 0.15) is 0 Å². The largest absolute Gasteiger partial charge is 0.351 e. The smallest absolute Gasteiger partial charge is 0.321 e. The van der Waals surface area contributed by atoms with Gasteiger partial charge in [0.2, 0.25) is 5.91 Å². The third-order valence-electron chi connectivity index (χ3n) is 3.99. The van der Waals surface area contributed by atoms with E-state index in [1.165, 1.54) is 0 Å². The van der Waals surface area contributed by atoms with Crippen LogP contribution in [0.2, 0.25) is 0 Å². The van der Waals surface area contributed by atoms with Crippen LogP contribution in [-0.2, 0) is 14.6 Å². The Labute approximate surface area is 147 Å². The van der Waals surface area contributed by atoms with Gasteiger partial charge in [0.25, 0.3) is 0 Å². The lowest BCUT2D eigenvalue weighted by atomic mass is 10.2. The predicted octanol–water partition coefficient (Wildman–Crippen LogP) is 2.22. The highest BCUT2D eigenvalue weighted by Gasteiger charge is 2.31. The zero-order chi connectivity index (χ0) is 18.2. The lowest BCUT2D eigenvalue weighted by Gasteiger charge is -2.16. The number of amides is 1. The molecule has 3 rings (SSSR count). The average Bonchev–Trinajstić information content (AvgIpc) is 3.06. The van der Waals surface area contributed by atoms with Crippen molar-refractivity contribution < 1.29 is 22.0 Å². The van der Waals surface area contributed by atoms with Gasteiger partial charge >= 0.3 is 6.55 Å². The molecule has 1 fully saturated rings. The fourth-order valence-electron chi connectivity index (χ4n) is 2.73. The Morgan fingerprint density at radius 1 is 1.40 bits per heavy atom. The van der Waals surface area contributed by atoms with Crippen LogP contribution in [0.25, 0.3) is 11.0 Å². The summed E-state index contributed by atoms with van der Waals surface area (Å²) in [4.78, 5) is 16.4. The number of sulfone groups is 1. The third-order valence-corrected chi connectivity index (χ3v) is 6.82. The lowest BCUT2D eigenvalue weighted by Crippen LogP contribution is -2.40. The van der Waals surface area contributed by atoms with Crippen LogP contribution in [0.5, 0.6) is 0 Å².